The molecule has 114 valence electrons. The Bertz CT molecular complexity index is 518. The summed E-state index contributed by atoms with van der Waals surface area (Å²) in [7, 11) is 1.61. The zero-order valence-electron chi connectivity index (χ0n) is 12.7. The number of nitrogens with one attached hydrogen (secondary N) is 1. The van der Waals surface area contributed by atoms with Gasteiger partial charge in [0.05, 0.1) is 30.4 Å². The summed E-state index contributed by atoms with van der Waals surface area (Å²) in [6.07, 6.45) is 3.49. The quantitative estimate of drug-likeness (QED) is 0.773. The first kappa shape index (κ1) is 17.2. The van der Waals surface area contributed by atoms with E-state index >= 15 is 0 Å². The van der Waals surface area contributed by atoms with Crippen molar-refractivity contribution < 1.29 is 14.6 Å². The number of nitrogens with zero attached hydrogens (tertiary/aromatic N) is 1. The summed E-state index contributed by atoms with van der Waals surface area (Å²) in [5.74, 6) is 5.74. The van der Waals surface area contributed by atoms with Crippen molar-refractivity contribution in [2.45, 2.75) is 26.3 Å². The molecule has 0 aromatic carbocycles. The van der Waals surface area contributed by atoms with Crippen LogP contribution >= 0.6 is 0 Å². The number of aromatic nitrogens is 1. The van der Waals surface area contributed by atoms with Crippen molar-refractivity contribution in [3.05, 3.63) is 29.6 Å². The highest BCUT2D eigenvalue weighted by Crippen LogP contribution is 2.08. The normalized spacial score (nSPS) is 11.7. The third kappa shape index (κ3) is 5.54. The molecule has 0 spiro atoms. The average molecular weight is 290 g/mol. The van der Waals surface area contributed by atoms with E-state index in [1.54, 1.807) is 25.6 Å². The lowest BCUT2D eigenvalue weighted by Crippen LogP contribution is -2.41. The van der Waals surface area contributed by atoms with Gasteiger partial charge in [0.15, 0.2) is 0 Å². The standard InChI is InChI=1S/C16H22N2O3/c1-12(2)15(11-21-3)18-16(20)14-7-8-17-10-13(14)6-4-5-9-19/h7-8,10,12,15,19H,5,9,11H2,1-3H3,(H,18,20). The van der Waals surface area contributed by atoms with Gasteiger partial charge >= 0.3 is 0 Å². The molecule has 0 aliphatic heterocycles. The second-order valence-electron chi connectivity index (χ2n) is 4.98. The number of pyridine rings is 1. The van der Waals surface area contributed by atoms with Crippen molar-refractivity contribution in [1.29, 1.82) is 0 Å². The van der Waals surface area contributed by atoms with Gasteiger partial charge in [-0.15, -0.1) is 0 Å². The fraction of sp³-hybridized carbons (Fsp3) is 0.500. The highest BCUT2D eigenvalue weighted by molar-refractivity contribution is 5.96. The highest BCUT2D eigenvalue weighted by atomic mass is 16.5. The monoisotopic (exact) mass is 290 g/mol. The molecule has 21 heavy (non-hydrogen) atoms. The minimum atomic E-state index is -0.193. The zero-order chi connectivity index (χ0) is 15.7. The minimum Gasteiger partial charge on any atom is -0.395 e. The Kier molecular flexibility index (Phi) is 7.44. The van der Waals surface area contributed by atoms with E-state index in [0.29, 0.717) is 24.2 Å². The van der Waals surface area contributed by atoms with Crippen LogP contribution in [0.25, 0.3) is 0 Å². The van der Waals surface area contributed by atoms with Gasteiger partial charge in [0.25, 0.3) is 5.91 Å². The number of carbonyl (C=O) groups is 1. The van der Waals surface area contributed by atoms with Crippen LogP contribution in [0.4, 0.5) is 0 Å². The van der Waals surface area contributed by atoms with Gasteiger partial charge in [0, 0.05) is 25.9 Å². The van der Waals surface area contributed by atoms with Gasteiger partial charge in [0.1, 0.15) is 0 Å². The van der Waals surface area contributed by atoms with E-state index in [4.69, 9.17) is 9.84 Å². The second-order valence-corrected chi connectivity index (χ2v) is 4.98. The van der Waals surface area contributed by atoms with E-state index in [1.165, 1.54) is 0 Å². The van der Waals surface area contributed by atoms with Gasteiger partial charge in [0.2, 0.25) is 0 Å². The molecule has 1 amide bonds. The molecule has 1 heterocycles. The fourth-order valence-electron chi connectivity index (χ4n) is 1.73. The Labute approximate surface area is 125 Å². The summed E-state index contributed by atoms with van der Waals surface area (Å²) in [6, 6.07) is 1.58. The molecular weight excluding hydrogens is 268 g/mol. The first-order valence-electron chi connectivity index (χ1n) is 6.93. The number of ether oxygens (including phenoxy) is 1. The molecule has 0 fully saturated rings. The van der Waals surface area contributed by atoms with Crippen molar-refractivity contribution in [2.24, 2.45) is 5.92 Å². The molecule has 0 aliphatic carbocycles. The Morgan fingerprint density at radius 2 is 2.29 bits per heavy atom. The van der Waals surface area contributed by atoms with Gasteiger partial charge in [-0.3, -0.25) is 9.78 Å². The third-order valence-electron chi connectivity index (χ3n) is 2.99. The molecule has 1 rings (SSSR count). The van der Waals surface area contributed by atoms with Crippen LogP contribution < -0.4 is 5.32 Å². The minimum absolute atomic E-state index is 0.00193. The topological polar surface area (TPSA) is 71.5 Å². The molecule has 1 atom stereocenters. The summed E-state index contributed by atoms with van der Waals surface area (Å²) < 4.78 is 5.13. The molecule has 0 bridgehead atoms. The average Bonchev–Trinajstić information content (AvgIpc) is 2.47. The van der Waals surface area contributed by atoms with E-state index in [0.717, 1.165) is 0 Å². The number of aliphatic hydroxyl groups excluding tert-OH is 1. The van der Waals surface area contributed by atoms with Gasteiger partial charge < -0.3 is 15.2 Å². The van der Waals surface area contributed by atoms with Crippen molar-refractivity contribution in [1.82, 2.24) is 10.3 Å². The van der Waals surface area contributed by atoms with Crippen molar-refractivity contribution in [3.63, 3.8) is 0 Å². The summed E-state index contributed by atoms with van der Waals surface area (Å²) in [5, 5.41) is 11.7. The maximum absolute atomic E-state index is 12.4. The first-order chi connectivity index (χ1) is 10.1. The number of rotatable bonds is 6. The number of hydrogen-bond acceptors (Lipinski definition) is 4. The van der Waals surface area contributed by atoms with E-state index in [-0.39, 0.29) is 24.5 Å². The SMILES string of the molecule is COCC(NC(=O)c1ccncc1C#CCCO)C(C)C. The molecule has 0 saturated carbocycles. The Hall–Kier alpha value is -1.90. The van der Waals surface area contributed by atoms with Crippen molar-refractivity contribution in [3.8, 4) is 11.8 Å². The maximum atomic E-state index is 12.4. The van der Waals surface area contributed by atoms with E-state index < -0.39 is 0 Å². The smallest absolute Gasteiger partial charge is 0.252 e. The Morgan fingerprint density at radius 3 is 2.90 bits per heavy atom. The molecule has 0 radical (unpaired) electrons. The lowest BCUT2D eigenvalue weighted by molar-refractivity contribution is 0.0866. The van der Waals surface area contributed by atoms with Crippen LogP contribution in [-0.4, -0.2) is 42.4 Å². The molecule has 1 unspecified atom stereocenters. The molecule has 2 N–H and O–H groups in total. The molecule has 0 aliphatic rings. The molecule has 5 heteroatoms. The maximum Gasteiger partial charge on any atom is 0.252 e. The molecule has 5 nitrogen and oxygen atoms in total. The van der Waals surface area contributed by atoms with Crippen LogP contribution in [0.2, 0.25) is 0 Å². The zero-order valence-corrected chi connectivity index (χ0v) is 12.7. The number of carbonyl (C=O) groups excluding carboxylic acids is 1. The molecule has 0 saturated heterocycles. The molecule has 1 aromatic heterocycles. The second kappa shape index (κ2) is 9.11. The third-order valence-corrected chi connectivity index (χ3v) is 2.99. The summed E-state index contributed by atoms with van der Waals surface area (Å²) in [5.41, 5.74) is 1.04. The number of aliphatic hydroxyl groups is 1. The highest BCUT2D eigenvalue weighted by Gasteiger charge is 2.18. The van der Waals surface area contributed by atoms with Crippen LogP contribution in [-0.2, 0) is 4.74 Å². The predicted octanol–water partition coefficient (Wildman–Crippen LogP) is 1.22. The van der Waals surface area contributed by atoms with Gasteiger partial charge in [-0.2, -0.15) is 0 Å². The van der Waals surface area contributed by atoms with E-state index in [9.17, 15) is 4.79 Å². The Balaban J connectivity index is 2.89. The number of methoxy groups -OCH3 is 1. The lowest BCUT2D eigenvalue weighted by atomic mass is 10.0. The fourth-order valence-corrected chi connectivity index (χ4v) is 1.73. The van der Waals surface area contributed by atoms with Gasteiger partial charge in [-0.1, -0.05) is 25.7 Å². The summed E-state index contributed by atoms with van der Waals surface area (Å²) >= 11 is 0. The van der Waals surface area contributed by atoms with Crippen LogP contribution in [0.1, 0.15) is 36.2 Å². The number of amides is 1. The summed E-state index contributed by atoms with van der Waals surface area (Å²) in [6.45, 7) is 4.51. The van der Waals surface area contributed by atoms with Crippen LogP contribution in [0.15, 0.2) is 18.5 Å². The molecular formula is C16H22N2O3. The Morgan fingerprint density at radius 1 is 1.52 bits per heavy atom. The molecule has 1 aromatic rings. The lowest BCUT2D eigenvalue weighted by Gasteiger charge is -2.21. The van der Waals surface area contributed by atoms with Crippen LogP contribution in [0, 0.1) is 17.8 Å². The van der Waals surface area contributed by atoms with Gasteiger partial charge in [-0.25, -0.2) is 0 Å². The van der Waals surface area contributed by atoms with E-state index in [2.05, 4.69) is 22.1 Å². The van der Waals surface area contributed by atoms with E-state index in [1.807, 2.05) is 13.8 Å². The van der Waals surface area contributed by atoms with Crippen LogP contribution in [0.5, 0.6) is 0 Å². The van der Waals surface area contributed by atoms with Crippen molar-refractivity contribution >= 4 is 5.91 Å². The number of hydrogen-bond donors (Lipinski definition) is 2. The first-order valence-corrected chi connectivity index (χ1v) is 6.93. The van der Waals surface area contributed by atoms with Crippen LogP contribution in [0.3, 0.4) is 0 Å². The summed E-state index contributed by atoms with van der Waals surface area (Å²) in [4.78, 5) is 16.4. The predicted molar refractivity (Wildman–Crippen MR) is 80.8 cm³/mol. The van der Waals surface area contributed by atoms with Gasteiger partial charge in [-0.05, 0) is 12.0 Å². The van der Waals surface area contributed by atoms with Crippen molar-refractivity contribution in [2.75, 3.05) is 20.3 Å². The largest absolute Gasteiger partial charge is 0.395 e.